The molecule has 0 fully saturated rings. The van der Waals surface area contributed by atoms with Crippen LogP contribution in [0.25, 0.3) is 0 Å². The highest BCUT2D eigenvalue weighted by Gasteiger charge is 2.02. The molecule has 46 valence electrons. The third-order valence-electron chi connectivity index (χ3n) is 0.877. The van der Waals surface area contributed by atoms with Gasteiger partial charge in [-0.05, 0) is 13.8 Å². The van der Waals surface area contributed by atoms with Gasteiger partial charge in [-0.2, -0.15) is 10.2 Å². The summed E-state index contributed by atoms with van der Waals surface area (Å²) < 4.78 is 0. The fourth-order valence-corrected chi connectivity index (χ4v) is 0.255. The molecule has 0 spiro atoms. The lowest BCUT2D eigenvalue weighted by Crippen LogP contribution is -2.08. The molecule has 0 aliphatic rings. The van der Waals surface area contributed by atoms with Crippen LogP contribution in [-0.4, -0.2) is 18.9 Å². The van der Waals surface area contributed by atoms with Gasteiger partial charge in [-0.3, -0.25) is 4.79 Å². The fraction of sp³-hybridized carbons (Fsp3) is 0.800. The van der Waals surface area contributed by atoms with Crippen molar-refractivity contribution in [3.63, 3.8) is 0 Å². The number of nitrogens with zero attached hydrogens (tertiary/aromatic N) is 2. The highest BCUT2D eigenvalue weighted by atomic mass is 16.1. The van der Waals surface area contributed by atoms with Gasteiger partial charge in [0.05, 0.1) is 0 Å². The van der Waals surface area contributed by atoms with Crippen LogP contribution >= 0.6 is 0 Å². The molecular weight excluding hydrogens is 104 g/mol. The lowest BCUT2D eigenvalue weighted by Gasteiger charge is -1.93. The number of Topliss-reactive ketones (excluding diaryl/α,β-unsaturated/α-hetero) is 1. The Kier molecular flexibility index (Phi) is 2.99. The third kappa shape index (κ3) is 2.44. The molecule has 0 heterocycles. The Hall–Kier alpha value is -0.730. The molecule has 0 saturated carbocycles. The molecule has 0 saturated heterocycles. The summed E-state index contributed by atoms with van der Waals surface area (Å²) in [5.74, 6) is 0.0515. The molecule has 3 nitrogen and oxygen atoms in total. The Morgan fingerprint density at radius 3 is 2.25 bits per heavy atom. The predicted octanol–water partition coefficient (Wildman–Crippen LogP) is 1.05. The molecule has 3 heteroatoms. The van der Waals surface area contributed by atoms with Crippen molar-refractivity contribution in [3.05, 3.63) is 0 Å². The minimum Gasteiger partial charge on any atom is -0.298 e. The number of azo groups is 1. The van der Waals surface area contributed by atoms with E-state index < -0.39 is 0 Å². The van der Waals surface area contributed by atoms with Crippen LogP contribution in [0.2, 0.25) is 0 Å². The molecular formula is C5H10N2O. The molecule has 8 heavy (non-hydrogen) atoms. The first-order valence-corrected chi connectivity index (χ1v) is 2.48. The van der Waals surface area contributed by atoms with E-state index >= 15 is 0 Å². The molecule has 0 rings (SSSR count). The van der Waals surface area contributed by atoms with Gasteiger partial charge >= 0.3 is 0 Å². The second kappa shape index (κ2) is 3.29. The van der Waals surface area contributed by atoms with Crippen LogP contribution in [0.4, 0.5) is 0 Å². The Morgan fingerprint density at radius 2 is 2.12 bits per heavy atom. The number of hydrogen-bond acceptors (Lipinski definition) is 3. The summed E-state index contributed by atoms with van der Waals surface area (Å²) in [6.07, 6.45) is 0. The van der Waals surface area contributed by atoms with Gasteiger partial charge in [-0.15, -0.1) is 0 Å². The van der Waals surface area contributed by atoms with Crippen molar-refractivity contribution in [1.82, 2.24) is 0 Å². The number of rotatable bonds is 2. The summed E-state index contributed by atoms with van der Waals surface area (Å²) in [5, 5.41) is 7.06. The van der Waals surface area contributed by atoms with Gasteiger partial charge in [0.1, 0.15) is 6.04 Å². The molecule has 0 N–H and O–H groups in total. The Morgan fingerprint density at radius 1 is 1.62 bits per heavy atom. The zero-order chi connectivity index (χ0) is 6.57. The van der Waals surface area contributed by atoms with Gasteiger partial charge in [0, 0.05) is 7.05 Å². The van der Waals surface area contributed by atoms with Gasteiger partial charge in [0.15, 0.2) is 5.78 Å². The molecule has 1 atom stereocenters. The minimum atomic E-state index is -0.264. The van der Waals surface area contributed by atoms with E-state index in [0.29, 0.717) is 0 Å². The highest BCUT2D eigenvalue weighted by molar-refractivity contribution is 5.80. The molecule has 0 aliphatic heterocycles. The lowest BCUT2D eigenvalue weighted by molar-refractivity contribution is -0.117. The van der Waals surface area contributed by atoms with Crippen molar-refractivity contribution in [2.75, 3.05) is 7.05 Å². The molecule has 0 amide bonds. The Balaban J connectivity index is 3.64. The van der Waals surface area contributed by atoms with Crippen molar-refractivity contribution in [1.29, 1.82) is 0 Å². The smallest absolute Gasteiger partial charge is 0.155 e. The number of hydrogen-bond donors (Lipinski definition) is 0. The van der Waals surface area contributed by atoms with E-state index in [4.69, 9.17) is 0 Å². The predicted molar refractivity (Wildman–Crippen MR) is 30.9 cm³/mol. The first kappa shape index (κ1) is 7.27. The van der Waals surface area contributed by atoms with Crippen molar-refractivity contribution >= 4 is 5.78 Å². The van der Waals surface area contributed by atoms with Crippen LogP contribution in [0.1, 0.15) is 13.8 Å². The first-order chi connectivity index (χ1) is 3.68. The summed E-state index contributed by atoms with van der Waals surface area (Å²) >= 11 is 0. The van der Waals surface area contributed by atoms with E-state index in [1.54, 1.807) is 14.0 Å². The van der Waals surface area contributed by atoms with Crippen molar-refractivity contribution in [2.24, 2.45) is 10.2 Å². The maximum Gasteiger partial charge on any atom is 0.155 e. The van der Waals surface area contributed by atoms with E-state index in [0.717, 1.165) is 0 Å². The second-order valence-electron chi connectivity index (χ2n) is 1.60. The normalized spacial score (nSPS) is 14.4. The van der Waals surface area contributed by atoms with E-state index in [2.05, 4.69) is 10.2 Å². The van der Waals surface area contributed by atoms with Gasteiger partial charge < -0.3 is 0 Å². The summed E-state index contributed by atoms with van der Waals surface area (Å²) in [5.41, 5.74) is 0. The molecule has 0 radical (unpaired) electrons. The van der Waals surface area contributed by atoms with Crippen LogP contribution in [0, 0.1) is 0 Å². The summed E-state index contributed by atoms with van der Waals surface area (Å²) in [7, 11) is 1.56. The average Bonchev–Trinajstić information content (AvgIpc) is 1.67. The molecule has 0 aromatic carbocycles. The van der Waals surface area contributed by atoms with E-state index in [-0.39, 0.29) is 11.8 Å². The largest absolute Gasteiger partial charge is 0.298 e. The average molecular weight is 114 g/mol. The quantitative estimate of drug-likeness (QED) is 0.494. The summed E-state index contributed by atoms with van der Waals surface area (Å²) in [6, 6.07) is -0.264. The molecule has 0 bridgehead atoms. The van der Waals surface area contributed by atoms with E-state index in [9.17, 15) is 4.79 Å². The zero-order valence-electron chi connectivity index (χ0n) is 5.38. The van der Waals surface area contributed by atoms with Crippen LogP contribution < -0.4 is 0 Å². The molecule has 0 aromatic rings. The Bertz CT molecular complexity index is 109. The van der Waals surface area contributed by atoms with Gasteiger partial charge in [0.25, 0.3) is 0 Å². The maximum absolute atomic E-state index is 10.4. The van der Waals surface area contributed by atoms with Gasteiger partial charge in [-0.25, -0.2) is 0 Å². The van der Waals surface area contributed by atoms with Crippen LogP contribution in [0.15, 0.2) is 10.2 Å². The van der Waals surface area contributed by atoms with Crippen molar-refractivity contribution in [2.45, 2.75) is 19.9 Å². The summed E-state index contributed by atoms with van der Waals surface area (Å²) in [4.78, 5) is 10.4. The monoisotopic (exact) mass is 114 g/mol. The third-order valence-corrected chi connectivity index (χ3v) is 0.877. The molecule has 0 aromatic heterocycles. The number of carbonyl (C=O) groups excluding carboxylic acids is 1. The fourth-order valence-electron chi connectivity index (χ4n) is 0.255. The van der Waals surface area contributed by atoms with Crippen molar-refractivity contribution in [3.8, 4) is 0 Å². The van der Waals surface area contributed by atoms with Crippen LogP contribution in [0.5, 0.6) is 0 Å². The second-order valence-corrected chi connectivity index (χ2v) is 1.60. The minimum absolute atomic E-state index is 0.0515. The standard InChI is InChI=1S/C5H10N2O/c1-4(5(2)8)7-6-3/h4H,1-3H3/b7-6+. The molecule has 1 unspecified atom stereocenters. The number of ketones is 1. The van der Waals surface area contributed by atoms with E-state index in [1.807, 2.05) is 0 Å². The number of carbonyl (C=O) groups is 1. The van der Waals surface area contributed by atoms with Crippen LogP contribution in [0.3, 0.4) is 0 Å². The first-order valence-electron chi connectivity index (χ1n) is 2.48. The van der Waals surface area contributed by atoms with Crippen molar-refractivity contribution < 1.29 is 4.79 Å². The SMILES string of the molecule is C/N=N/C(C)C(C)=O. The van der Waals surface area contributed by atoms with E-state index in [1.165, 1.54) is 6.92 Å². The summed E-state index contributed by atoms with van der Waals surface area (Å²) in [6.45, 7) is 3.22. The van der Waals surface area contributed by atoms with Crippen LogP contribution in [-0.2, 0) is 4.79 Å². The molecule has 0 aliphatic carbocycles. The Labute approximate surface area is 48.8 Å². The lowest BCUT2D eigenvalue weighted by atomic mass is 10.3. The zero-order valence-corrected chi connectivity index (χ0v) is 5.38. The topological polar surface area (TPSA) is 41.8 Å². The van der Waals surface area contributed by atoms with Gasteiger partial charge in [0.2, 0.25) is 0 Å². The van der Waals surface area contributed by atoms with Gasteiger partial charge in [-0.1, -0.05) is 0 Å². The highest BCUT2D eigenvalue weighted by Crippen LogP contribution is 1.89. The maximum atomic E-state index is 10.4.